The fourth-order valence-corrected chi connectivity index (χ4v) is 4.45. The summed E-state index contributed by atoms with van der Waals surface area (Å²) >= 11 is 0. The first-order valence-corrected chi connectivity index (χ1v) is 12.5. The molecule has 0 radical (unpaired) electrons. The van der Waals surface area contributed by atoms with Crippen LogP contribution in [-0.4, -0.2) is 86.4 Å². The van der Waals surface area contributed by atoms with E-state index in [0.717, 1.165) is 51.1 Å². The summed E-state index contributed by atoms with van der Waals surface area (Å²) in [6.45, 7) is 5.11. The summed E-state index contributed by atoms with van der Waals surface area (Å²) in [6, 6.07) is 8.05. The lowest BCUT2D eigenvalue weighted by atomic mass is 9.71. The van der Waals surface area contributed by atoms with E-state index >= 15 is 0 Å². The van der Waals surface area contributed by atoms with E-state index in [1.807, 2.05) is 30.6 Å². The lowest BCUT2D eigenvalue weighted by Gasteiger charge is -2.47. The van der Waals surface area contributed by atoms with Gasteiger partial charge >= 0.3 is 24.3 Å². The highest BCUT2D eigenvalue weighted by Gasteiger charge is 2.39. The number of rotatable bonds is 4. The predicted octanol–water partition coefficient (Wildman–Crippen LogP) is 4.19. The molecule has 0 aliphatic carbocycles. The molecule has 1 amide bonds. The molecule has 15 heteroatoms. The Hall–Kier alpha value is -3.75. The number of aromatic nitrogens is 2. The van der Waals surface area contributed by atoms with Gasteiger partial charge in [0.25, 0.3) is 0 Å². The van der Waals surface area contributed by atoms with Crippen molar-refractivity contribution >= 4 is 17.8 Å². The van der Waals surface area contributed by atoms with Gasteiger partial charge in [-0.25, -0.2) is 9.59 Å². The molecule has 1 spiro atoms. The highest BCUT2D eigenvalue weighted by molar-refractivity contribution is 5.78. The van der Waals surface area contributed by atoms with Gasteiger partial charge in [0.2, 0.25) is 5.91 Å². The zero-order valence-corrected chi connectivity index (χ0v) is 21.9. The van der Waals surface area contributed by atoms with Crippen LogP contribution in [0, 0.1) is 5.41 Å². The van der Waals surface area contributed by atoms with Gasteiger partial charge in [0.15, 0.2) is 0 Å². The number of nitrogens with zero attached hydrogens (tertiary/aromatic N) is 4. The number of piperidine rings is 2. The molecule has 0 saturated carbocycles. The number of carboxylic acid groups (broad SMARTS) is 2. The molecule has 0 aromatic carbocycles. The molecule has 226 valence electrons. The van der Waals surface area contributed by atoms with Crippen LogP contribution in [-0.2, 0) is 27.3 Å². The SMILES string of the molecule is O=C(Cc1cccnc1)N1CCC2(CCN(Cc3cccnc3)CC2)CC1.O=C(O)C(F)(F)F.O=C(O)C(F)(F)F. The molecule has 2 aliphatic heterocycles. The number of carboxylic acids is 2. The van der Waals surface area contributed by atoms with E-state index in [1.54, 1.807) is 12.4 Å². The van der Waals surface area contributed by atoms with Crippen LogP contribution in [0.4, 0.5) is 26.3 Å². The van der Waals surface area contributed by atoms with Crippen molar-refractivity contribution in [1.82, 2.24) is 19.8 Å². The van der Waals surface area contributed by atoms with Crippen molar-refractivity contribution in [3.05, 3.63) is 60.2 Å². The second-order valence-electron chi connectivity index (χ2n) is 9.66. The van der Waals surface area contributed by atoms with Gasteiger partial charge in [-0.2, -0.15) is 26.3 Å². The molecule has 0 unspecified atom stereocenters. The van der Waals surface area contributed by atoms with E-state index in [-0.39, 0.29) is 5.91 Å². The maximum Gasteiger partial charge on any atom is 0.490 e. The third kappa shape index (κ3) is 11.7. The molecule has 2 N–H and O–H groups in total. The number of aliphatic carboxylic acids is 2. The predicted molar refractivity (Wildman–Crippen MR) is 132 cm³/mol. The number of halogens is 6. The van der Waals surface area contributed by atoms with Crippen LogP contribution in [0.1, 0.15) is 36.8 Å². The molecule has 2 fully saturated rings. The number of hydrogen-bond donors (Lipinski definition) is 2. The van der Waals surface area contributed by atoms with Gasteiger partial charge in [-0.3, -0.25) is 19.7 Å². The Labute approximate surface area is 231 Å². The van der Waals surface area contributed by atoms with Crippen molar-refractivity contribution in [3.8, 4) is 0 Å². The van der Waals surface area contributed by atoms with E-state index < -0.39 is 24.3 Å². The van der Waals surface area contributed by atoms with Crippen LogP contribution in [0.5, 0.6) is 0 Å². The van der Waals surface area contributed by atoms with Crippen LogP contribution in [0.15, 0.2) is 49.1 Å². The Bertz CT molecular complexity index is 1090. The first kappa shape index (κ1) is 33.5. The topological polar surface area (TPSA) is 124 Å². The first-order chi connectivity index (χ1) is 19.1. The van der Waals surface area contributed by atoms with Gasteiger partial charge < -0.3 is 15.1 Å². The minimum atomic E-state index is -5.08. The Balaban J connectivity index is 0.000000349. The summed E-state index contributed by atoms with van der Waals surface area (Å²) in [6.07, 6.45) is 2.43. The van der Waals surface area contributed by atoms with E-state index in [1.165, 1.54) is 18.4 Å². The fourth-order valence-electron chi connectivity index (χ4n) is 4.45. The summed E-state index contributed by atoms with van der Waals surface area (Å²) in [7, 11) is 0. The number of likely N-dealkylation sites (tertiary alicyclic amines) is 2. The van der Waals surface area contributed by atoms with Crippen LogP contribution in [0.2, 0.25) is 0 Å². The third-order valence-corrected chi connectivity index (χ3v) is 6.79. The van der Waals surface area contributed by atoms with Crippen LogP contribution >= 0.6 is 0 Å². The number of carbonyl (C=O) groups is 3. The van der Waals surface area contributed by atoms with E-state index in [2.05, 4.69) is 25.8 Å². The Morgan fingerprint density at radius 2 is 1.17 bits per heavy atom. The van der Waals surface area contributed by atoms with Gasteiger partial charge in [-0.15, -0.1) is 0 Å². The van der Waals surface area contributed by atoms with E-state index in [0.29, 0.717) is 11.8 Å². The summed E-state index contributed by atoms with van der Waals surface area (Å²) in [5, 5.41) is 14.2. The van der Waals surface area contributed by atoms with Crippen LogP contribution in [0.3, 0.4) is 0 Å². The summed E-state index contributed by atoms with van der Waals surface area (Å²) < 4.78 is 63.5. The number of pyridine rings is 2. The molecular weight excluding hydrogens is 562 g/mol. The molecular formula is C26H30F6N4O5. The highest BCUT2D eigenvalue weighted by atomic mass is 19.4. The van der Waals surface area contributed by atoms with Gasteiger partial charge in [0, 0.05) is 44.4 Å². The highest BCUT2D eigenvalue weighted by Crippen LogP contribution is 2.41. The lowest BCUT2D eigenvalue weighted by Crippen LogP contribution is -2.48. The van der Waals surface area contributed by atoms with Crippen molar-refractivity contribution in [3.63, 3.8) is 0 Å². The van der Waals surface area contributed by atoms with Crippen LogP contribution in [0.25, 0.3) is 0 Å². The minimum Gasteiger partial charge on any atom is -0.475 e. The van der Waals surface area contributed by atoms with Gasteiger partial charge in [0.1, 0.15) is 0 Å². The zero-order valence-electron chi connectivity index (χ0n) is 21.9. The van der Waals surface area contributed by atoms with Crippen LogP contribution < -0.4 is 0 Å². The van der Waals surface area contributed by atoms with Crippen molar-refractivity contribution < 1.29 is 50.9 Å². The Morgan fingerprint density at radius 1 is 0.756 bits per heavy atom. The molecule has 2 saturated heterocycles. The molecule has 0 bridgehead atoms. The maximum absolute atomic E-state index is 12.6. The summed E-state index contributed by atoms with van der Waals surface area (Å²) in [5.74, 6) is -5.27. The first-order valence-electron chi connectivity index (χ1n) is 12.5. The molecule has 9 nitrogen and oxygen atoms in total. The van der Waals surface area contributed by atoms with Gasteiger partial charge in [-0.1, -0.05) is 12.1 Å². The second kappa shape index (κ2) is 14.8. The quantitative estimate of drug-likeness (QED) is 0.507. The fraction of sp³-hybridized carbons (Fsp3) is 0.500. The average molecular weight is 593 g/mol. The number of hydrogen-bond acceptors (Lipinski definition) is 6. The molecule has 0 atom stereocenters. The summed E-state index contributed by atoms with van der Waals surface area (Å²) in [4.78, 5) is 43.3. The maximum atomic E-state index is 12.6. The molecule has 41 heavy (non-hydrogen) atoms. The monoisotopic (exact) mass is 592 g/mol. The van der Waals surface area contributed by atoms with Gasteiger partial charge in [-0.05, 0) is 67.4 Å². The summed E-state index contributed by atoms with van der Waals surface area (Å²) in [5.41, 5.74) is 2.74. The molecule has 4 rings (SSSR count). The molecule has 2 aliphatic rings. The zero-order chi connectivity index (χ0) is 30.7. The van der Waals surface area contributed by atoms with Crippen molar-refractivity contribution in [1.29, 1.82) is 0 Å². The van der Waals surface area contributed by atoms with Gasteiger partial charge in [0.05, 0.1) is 6.42 Å². The number of carbonyl (C=O) groups excluding carboxylic acids is 1. The largest absolute Gasteiger partial charge is 0.490 e. The standard InChI is InChI=1S/C22H28N4O.2C2HF3O2/c27-21(15-19-3-1-9-23-16-19)26-13-7-22(8-14-26)5-11-25(12-6-22)18-20-4-2-10-24-17-20;2*3-2(4,5)1(6)7/h1-4,9-10,16-17H,5-8,11-15,18H2;2*(H,6,7). The van der Waals surface area contributed by atoms with Crippen molar-refractivity contribution in [2.45, 2.75) is 51.0 Å². The van der Waals surface area contributed by atoms with E-state index in [9.17, 15) is 31.1 Å². The van der Waals surface area contributed by atoms with Crippen molar-refractivity contribution in [2.24, 2.45) is 5.41 Å². The second-order valence-corrected chi connectivity index (χ2v) is 9.66. The number of amides is 1. The Morgan fingerprint density at radius 3 is 1.56 bits per heavy atom. The van der Waals surface area contributed by atoms with Crippen molar-refractivity contribution in [2.75, 3.05) is 26.2 Å². The normalized spacial score (nSPS) is 17.0. The Kier molecular flexibility index (Phi) is 12.0. The third-order valence-electron chi connectivity index (χ3n) is 6.79. The lowest BCUT2D eigenvalue weighted by molar-refractivity contribution is -0.193. The minimum absolute atomic E-state index is 0.242. The molecule has 4 heterocycles. The van der Waals surface area contributed by atoms with E-state index in [4.69, 9.17) is 19.8 Å². The smallest absolute Gasteiger partial charge is 0.475 e. The molecule has 2 aromatic rings. The molecule has 2 aromatic heterocycles. The number of alkyl halides is 6. The average Bonchev–Trinajstić information content (AvgIpc) is 2.91.